The highest BCUT2D eigenvalue weighted by Gasteiger charge is 2.30. The molecule has 0 aliphatic carbocycles. The van der Waals surface area contributed by atoms with Crippen molar-refractivity contribution in [3.05, 3.63) is 23.3 Å². The van der Waals surface area contributed by atoms with Gasteiger partial charge in [0.1, 0.15) is 18.0 Å². The molecule has 0 saturated heterocycles. The Bertz CT molecular complexity index is 542. The minimum absolute atomic E-state index is 0.173. The second-order valence-corrected chi connectivity index (χ2v) is 8.24. The van der Waals surface area contributed by atoms with Crippen LogP contribution in [-0.4, -0.2) is 54.2 Å². The molecule has 3 N–H and O–H groups in total. The third-order valence-electron chi connectivity index (χ3n) is 4.55. The van der Waals surface area contributed by atoms with Gasteiger partial charge in [-0.15, -0.1) is 0 Å². The molecule has 0 fully saturated rings. The van der Waals surface area contributed by atoms with Crippen LogP contribution in [0.1, 0.15) is 31.4 Å². The molecule has 0 radical (unpaired) electrons. The number of nitrogens with one attached hydrogen (secondary N) is 2. The molecule has 1 aromatic rings. The van der Waals surface area contributed by atoms with Crippen molar-refractivity contribution in [1.29, 1.82) is 0 Å². The Morgan fingerprint density at radius 3 is 2.84 bits per heavy atom. The Balaban J connectivity index is 1.86. The van der Waals surface area contributed by atoms with Gasteiger partial charge in [-0.1, -0.05) is 6.92 Å². The first-order chi connectivity index (χ1) is 12.1. The first-order valence-electron chi connectivity index (χ1n) is 9.21. The van der Waals surface area contributed by atoms with E-state index in [1.807, 2.05) is 11.8 Å². The number of hydrogen-bond donors (Lipinski definition) is 4. The maximum Gasteiger partial charge on any atom is 0.130 e. The normalized spacial score (nSPS) is 18.5. The molecule has 4 nitrogen and oxygen atoms in total. The fraction of sp³-hybridized carbons (Fsp3) is 0.684. The Morgan fingerprint density at radius 1 is 1.36 bits per heavy atom. The quantitative estimate of drug-likeness (QED) is 0.442. The van der Waals surface area contributed by atoms with Gasteiger partial charge in [-0.25, -0.2) is 0 Å². The van der Waals surface area contributed by atoms with Crippen molar-refractivity contribution < 1.29 is 9.84 Å². The molecule has 3 atom stereocenters. The van der Waals surface area contributed by atoms with Crippen LogP contribution in [0.3, 0.4) is 0 Å². The number of thioether (sulfide) groups is 1. The maximum absolute atomic E-state index is 10.5. The van der Waals surface area contributed by atoms with E-state index in [1.165, 1.54) is 16.8 Å². The average Bonchev–Trinajstić information content (AvgIpc) is 3.02. The molecule has 142 valence electrons. The summed E-state index contributed by atoms with van der Waals surface area (Å²) < 4.78 is 6.03. The van der Waals surface area contributed by atoms with Gasteiger partial charge in [0.05, 0.1) is 0 Å². The van der Waals surface area contributed by atoms with Crippen LogP contribution in [0.5, 0.6) is 5.75 Å². The highest BCUT2D eigenvalue weighted by atomic mass is 32.2. The number of aliphatic hydroxyl groups excluding tert-OH is 1. The second-order valence-electron chi connectivity index (χ2n) is 6.52. The number of benzene rings is 1. The Morgan fingerprint density at radius 2 is 2.16 bits per heavy atom. The number of anilines is 1. The average molecular weight is 385 g/mol. The number of aliphatic hydroxyl groups is 1. The highest BCUT2D eigenvalue weighted by Crippen LogP contribution is 2.35. The summed E-state index contributed by atoms with van der Waals surface area (Å²) >= 11 is 6.41. The fourth-order valence-corrected chi connectivity index (χ4v) is 4.06. The van der Waals surface area contributed by atoms with Gasteiger partial charge in [0.25, 0.3) is 0 Å². The van der Waals surface area contributed by atoms with Crippen molar-refractivity contribution >= 4 is 30.1 Å². The predicted octanol–water partition coefficient (Wildman–Crippen LogP) is 2.99. The third kappa shape index (κ3) is 5.98. The smallest absolute Gasteiger partial charge is 0.130 e. The van der Waals surface area contributed by atoms with E-state index in [9.17, 15) is 5.11 Å². The largest absolute Gasteiger partial charge is 0.487 e. The third-order valence-corrected chi connectivity index (χ3v) is 5.64. The molecule has 0 aromatic heterocycles. The van der Waals surface area contributed by atoms with Crippen LogP contribution in [0.15, 0.2) is 12.1 Å². The first-order valence-corrected chi connectivity index (χ1v) is 11.1. The molecule has 2 rings (SSSR count). The topological polar surface area (TPSA) is 53.5 Å². The van der Waals surface area contributed by atoms with Crippen molar-refractivity contribution in [3.8, 4) is 5.75 Å². The summed E-state index contributed by atoms with van der Waals surface area (Å²) in [6.07, 6.45) is 4.23. The Labute approximate surface area is 161 Å². The number of fused-ring (bicyclic) bond motifs is 1. The predicted molar refractivity (Wildman–Crippen MR) is 113 cm³/mol. The zero-order valence-electron chi connectivity index (χ0n) is 15.5. The Kier molecular flexibility index (Phi) is 8.76. The zero-order chi connectivity index (χ0) is 18.2. The van der Waals surface area contributed by atoms with Crippen LogP contribution in [0, 0.1) is 0 Å². The van der Waals surface area contributed by atoms with Crippen LogP contribution >= 0.6 is 24.4 Å². The van der Waals surface area contributed by atoms with Crippen LogP contribution in [0.2, 0.25) is 0 Å². The van der Waals surface area contributed by atoms with Crippen LogP contribution in [0.25, 0.3) is 0 Å². The molecule has 1 aliphatic rings. The lowest BCUT2D eigenvalue weighted by Crippen LogP contribution is -2.40. The monoisotopic (exact) mass is 384 g/mol. The Hall–Kier alpha value is -0.560. The van der Waals surface area contributed by atoms with E-state index in [0.717, 1.165) is 43.9 Å². The van der Waals surface area contributed by atoms with Gasteiger partial charge in [0.15, 0.2) is 0 Å². The molecule has 1 heterocycles. The van der Waals surface area contributed by atoms with E-state index in [1.54, 1.807) is 0 Å². The molecule has 25 heavy (non-hydrogen) atoms. The van der Waals surface area contributed by atoms with Gasteiger partial charge in [-0.2, -0.15) is 24.4 Å². The molecule has 1 aromatic carbocycles. The standard InChI is InChI=1S/C19H32N2O2S2/c1-4-13-9-18-14(8-16(13)21-5-2)10-19(23-18)17(22)12-20-11-15(24)6-7-25-3/h8-9,15,17,19-22,24H,4-7,10-12H2,1-3H3. The number of thiol groups is 1. The molecule has 0 spiro atoms. The molecule has 1 aliphatic heterocycles. The van der Waals surface area contributed by atoms with E-state index >= 15 is 0 Å². The van der Waals surface area contributed by atoms with E-state index in [2.05, 4.69) is 55.5 Å². The van der Waals surface area contributed by atoms with Crippen LogP contribution in [-0.2, 0) is 12.8 Å². The molecule has 0 bridgehead atoms. The van der Waals surface area contributed by atoms with E-state index < -0.39 is 6.10 Å². The van der Waals surface area contributed by atoms with Crippen molar-refractivity contribution in [2.75, 3.05) is 37.0 Å². The zero-order valence-corrected chi connectivity index (χ0v) is 17.3. The summed E-state index contributed by atoms with van der Waals surface area (Å²) in [5.74, 6) is 2.04. The van der Waals surface area contributed by atoms with Crippen LogP contribution in [0.4, 0.5) is 5.69 Å². The second kappa shape index (κ2) is 10.6. The summed E-state index contributed by atoms with van der Waals surface area (Å²) in [6.45, 7) is 6.51. The lowest BCUT2D eigenvalue weighted by Gasteiger charge is -2.19. The van der Waals surface area contributed by atoms with Gasteiger partial charge in [-0.05, 0) is 55.0 Å². The van der Waals surface area contributed by atoms with Gasteiger partial charge >= 0.3 is 0 Å². The van der Waals surface area contributed by atoms with Crippen molar-refractivity contribution in [1.82, 2.24) is 5.32 Å². The lowest BCUT2D eigenvalue weighted by atomic mass is 10.0. The van der Waals surface area contributed by atoms with E-state index in [-0.39, 0.29) is 6.10 Å². The minimum atomic E-state index is -0.513. The van der Waals surface area contributed by atoms with Crippen LogP contribution < -0.4 is 15.4 Å². The minimum Gasteiger partial charge on any atom is -0.487 e. The SMILES string of the molecule is CCNc1cc2c(cc1CC)OC(C(O)CNCC(S)CCSC)C2. The first kappa shape index (κ1) is 20.7. The van der Waals surface area contributed by atoms with Gasteiger partial charge < -0.3 is 20.5 Å². The summed E-state index contributed by atoms with van der Waals surface area (Å²) in [7, 11) is 0. The molecular weight excluding hydrogens is 352 g/mol. The van der Waals surface area contributed by atoms with Gasteiger partial charge in [-0.3, -0.25) is 0 Å². The number of ether oxygens (including phenoxy) is 1. The summed E-state index contributed by atoms with van der Waals surface area (Å²) in [5, 5.41) is 17.6. The summed E-state index contributed by atoms with van der Waals surface area (Å²) in [4.78, 5) is 0. The number of rotatable bonds is 11. The highest BCUT2D eigenvalue weighted by molar-refractivity contribution is 7.98. The van der Waals surface area contributed by atoms with Crippen molar-refractivity contribution in [2.45, 2.75) is 50.6 Å². The van der Waals surface area contributed by atoms with E-state index in [4.69, 9.17) is 4.74 Å². The van der Waals surface area contributed by atoms with Gasteiger partial charge in [0, 0.05) is 37.0 Å². The molecular formula is C19H32N2O2S2. The molecule has 3 unspecified atom stereocenters. The lowest BCUT2D eigenvalue weighted by molar-refractivity contribution is 0.0502. The van der Waals surface area contributed by atoms with E-state index in [0.29, 0.717) is 11.8 Å². The summed E-state index contributed by atoms with van der Waals surface area (Å²) in [6, 6.07) is 4.31. The fourth-order valence-electron chi connectivity index (χ4n) is 3.10. The molecule has 0 amide bonds. The van der Waals surface area contributed by atoms with Gasteiger partial charge in [0.2, 0.25) is 0 Å². The van der Waals surface area contributed by atoms with Crippen molar-refractivity contribution in [2.24, 2.45) is 0 Å². The number of aryl methyl sites for hydroxylation is 1. The van der Waals surface area contributed by atoms with Crippen molar-refractivity contribution in [3.63, 3.8) is 0 Å². The maximum atomic E-state index is 10.5. The molecule has 6 heteroatoms. The molecule has 0 saturated carbocycles. The summed E-state index contributed by atoms with van der Waals surface area (Å²) in [5.41, 5.74) is 3.64. The number of hydrogen-bond acceptors (Lipinski definition) is 6.